The van der Waals surface area contributed by atoms with E-state index >= 15 is 0 Å². The lowest BCUT2D eigenvalue weighted by Gasteiger charge is -2.29. The molecule has 3 rings (SSSR count). The van der Waals surface area contributed by atoms with E-state index in [1.165, 1.54) is 24.3 Å². The molecule has 0 aromatic heterocycles. The third-order valence-electron chi connectivity index (χ3n) is 4.34. The van der Waals surface area contributed by atoms with E-state index in [1.54, 1.807) is 0 Å². The number of hydrogen-bond acceptors (Lipinski definition) is 3. The van der Waals surface area contributed by atoms with E-state index in [1.807, 2.05) is 18.2 Å². The highest BCUT2D eigenvalue weighted by Crippen LogP contribution is 2.26. The van der Waals surface area contributed by atoms with E-state index in [4.69, 9.17) is 5.11 Å². The summed E-state index contributed by atoms with van der Waals surface area (Å²) in [6.07, 6.45) is 0.856. The topological polar surface area (TPSA) is 81.7 Å². The van der Waals surface area contributed by atoms with Crippen molar-refractivity contribution in [2.45, 2.75) is 19.4 Å². The molecule has 0 fully saturated rings. The third-order valence-corrected chi connectivity index (χ3v) is 4.34. The van der Waals surface area contributed by atoms with Crippen LogP contribution in [0.4, 0.5) is 20.6 Å². The van der Waals surface area contributed by atoms with Gasteiger partial charge >= 0.3 is 12.0 Å². The van der Waals surface area contributed by atoms with Crippen LogP contribution in [0.2, 0.25) is 0 Å². The number of carbonyl (C=O) groups excluding carboxylic acids is 1. The summed E-state index contributed by atoms with van der Waals surface area (Å²) in [6, 6.07) is 10.9. The van der Waals surface area contributed by atoms with E-state index in [0.29, 0.717) is 18.8 Å². The number of carboxylic acids is 1. The van der Waals surface area contributed by atoms with Gasteiger partial charge in [0.15, 0.2) is 0 Å². The van der Waals surface area contributed by atoms with Crippen molar-refractivity contribution in [2.75, 3.05) is 23.7 Å². The Labute approximate surface area is 150 Å². The molecule has 7 heteroatoms. The van der Waals surface area contributed by atoms with Crippen molar-refractivity contribution >= 4 is 23.4 Å². The Morgan fingerprint density at radius 1 is 1.12 bits per heavy atom. The summed E-state index contributed by atoms with van der Waals surface area (Å²) in [6.45, 7) is 1.92. The maximum atomic E-state index is 12.9. The number of anilines is 2. The number of nitrogens with one attached hydrogen (secondary N) is 2. The Bertz CT molecular complexity index is 808. The highest BCUT2D eigenvalue weighted by molar-refractivity contribution is 6.00. The molecular formula is C19H20FN3O3. The van der Waals surface area contributed by atoms with Gasteiger partial charge in [0.2, 0.25) is 0 Å². The molecule has 0 saturated heterocycles. The molecule has 0 radical (unpaired) electrons. The van der Waals surface area contributed by atoms with Crippen molar-refractivity contribution in [3.8, 4) is 0 Å². The second-order valence-electron chi connectivity index (χ2n) is 6.20. The zero-order valence-corrected chi connectivity index (χ0v) is 14.2. The number of nitrogens with zero attached hydrogens (tertiary/aromatic N) is 1. The van der Waals surface area contributed by atoms with Gasteiger partial charge < -0.3 is 15.7 Å². The number of rotatable bonds is 5. The van der Waals surface area contributed by atoms with Crippen LogP contribution in [0, 0.1) is 5.82 Å². The molecule has 0 bridgehead atoms. The van der Waals surface area contributed by atoms with Gasteiger partial charge in [0.1, 0.15) is 5.82 Å². The Hall–Kier alpha value is -2.93. The standard InChI is InChI=1S/C19H20FN3O3/c20-14-4-6-15(7-5-14)21-19(26)22-17-3-1-2-13-12-23(10-8-16(13)17)11-9-18(24)25/h1-7H,8-12H2,(H,24,25)(H2,21,22,26). The van der Waals surface area contributed by atoms with Gasteiger partial charge in [-0.05, 0) is 47.9 Å². The number of carboxylic acid groups (broad SMARTS) is 1. The van der Waals surface area contributed by atoms with Gasteiger partial charge in [-0.15, -0.1) is 0 Å². The first-order chi connectivity index (χ1) is 12.5. The molecule has 1 aliphatic heterocycles. The number of aliphatic carboxylic acids is 1. The number of carbonyl (C=O) groups is 2. The molecule has 0 unspecified atom stereocenters. The van der Waals surface area contributed by atoms with Crippen LogP contribution in [0.3, 0.4) is 0 Å². The summed E-state index contributed by atoms with van der Waals surface area (Å²) in [5.74, 6) is -1.16. The van der Waals surface area contributed by atoms with Gasteiger partial charge in [-0.25, -0.2) is 9.18 Å². The minimum Gasteiger partial charge on any atom is -0.481 e. The smallest absolute Gasteiger partial charge is 0.323 e. The highest BCUT2D eigenvalue weighted by Gasteiger charge is 2.20. The molecule has 1 aliphatic rings. The predicted octanol–water partition coefficient (Wildman–Crippen LogP) is 3.30. The second-order valence-corrected chi connectivity index (χ2v) is 6.20. The summed E-state index contributed by atoms with van der Waals surface area (Å²) in [5.41, 5.74) is 3.39. The predicted molar refractivity (Wildman–Crippen MR) is 96.7 cm³/mol. The van der Waals surface area contributed by atoms with E-state index < -0.39 is 12.0 Å². The molecule has 0 saturated carbocycles. The molecule has 136 valence electrons. The Morgan fingerprint density at radius 2 is 1.88 bits per heavy atom. The number of halogens is 1. The van der Waals surface area contributed by atoms with Crippen molar-refractivity contribution < 1.29 is 19.1 Å². The fourth-order valence-corrected chi connectivity index (χ4v) is 3.05. The van der Waals surface area contributed by atoms with E-state index in [0.717, 1.165) is 29.8 Å². The van der Waals surface area contributed by atoms with Gasteiger partial charge in [-0.3, -0.25) is 9.69 Å². The number of hydrogen-bond donors (Lipinski definition) is 3. The van der Waals surface area contributed by atoms with Crippen molar-refractivity contribution in [2.24, 2.45) is 0 Å². The molecule has 1 heterocycles. The Kier molecular flexibility index (Phi) is 5.48. The first-order valence-corrected chi connectivity index (χ1v) is 8.40. The van der Waals surface area contributed by atoms with Crippen LogP contribution in [-0.2, 0) is 17.8 Å². The van der Waals surface area contributed by atoms with Gasteiger partial charge in [-0.2, -0.15) is 0 Å². The summed E-state index contributed by atoms with van der Waals surface area (Å²) in [5, 5.41) is 14.3. The van der Waals surface area contributed by atoms with E-state index in [2.05, 4.69) is 15.5 Å². The van der Waals surface area contributed by atoms with Crippen molar-refractivity contribution in [1.29, 1.82) is 0 Å². The number of amides is 2. The van der Waals surface area contributed by atoms with Gasteiger partial charge in [0, 0.05) is 31.0 Å². The quantitative estimate of drug-likeness (QED) is 0.767. The Balaban J connectivity index is 1.64. The molecule has 26 heavy (non-hydrogen) atoms. The van der Waals surface area contributed by atoms with Crippen LogP contribution in [0.15, 0.2) is 42.5 Å². The molecule has 3 N–H and O–H groups in total. The molecule has 6 nitrogen and oxygen atoms in total. The summed E-state index contributed by atoms with van der Waals surface area (Å²) >= 11 is 0. The van der Waals surface area contributed by atoms with Crippen LogP contribution in [0.5, 0.6) is 0 Å². The van der Waals surface area contributed by atoms with Crippen molar-refractivity contribution in [3.63, 3.8) is 0 Å². The van der Waals surface area contributed by atoms with Crippen LogP contribution in [0.25, 0.3) is 0 Å². The Morgan fingerprint density at radius 3 is 2.62 bits per heavy atom. The SMILES string of the molecule is O=C(O)CCN1CCc2c(cccc2NC(=O)Nc2ccc(F)cc2)C1. The zero-order chi connectivity index (χ0) is 18.5. The van der Waals surface area contributed by atoms with Crippen molar-refractivity contribution in [1.82, 2.24) is 4.90 Å². The van der Waals surface area contributed by atoms with Crippen molar-refractivity contribution in [3.05, 3.63) is 59.4 Å². The molecule has 0 spiro atoms. The molecule has 0 aliphatic carbocycles. The van der Waals surface area contributed by atoms with Gasteiger partial charge in [0.05, 0.1) is 6.42 Å². The normalized spacial score (nSPS) is 13.7. The fourth-order valence-electron chi connectivity index (χ4n) is 3.05. The van der Waals surface area contributed by atoms with E-state index in [9.17, 15) is 14.0 Å². The molecule has 2 aromatic rings. The lowest BCUT2D eigenvalue weighted by Crippen LogP contribution is -2.33. The molecular weight excluding hydrogens is 337 g/mol. The summed E-state index contributed by atoms with van der Waals surface area (Å²) in [7, 11) is 0. The first kappa shape index (κ1) is 17.9. The molecule has 2 amide bonds. The largest absolute Gasteiger partial charge is 0.481 e. The minimum absolute atomic E-state index is 0.118. The summed E-state index contributed by atoms with van der Waals surface area (Å²) < 4.78 is 12.9. The maximum absolute atomic E-state index is 12.9. The van der Waals surface area contributed by atoms with Crippen LogP contribution >= 0.6 is 0 Å². The van der Waals surface area contributed by atoms with Gasteiger partial charge in [0.25, 0.3) is 0 Å². The minimum atomic E-state index is -0.802. The summed E-state index contributed by atoms with van der Waals surface area (Å²) in [4.78, 5) is 25.0. The number of fused-ring (bicyclic) bond motifs is 1. The number of benzene rings is 2. The molecule has 2 aromatic carbocycles. The van der Waals surface area contributed by atoms with Crippen LogP contribution in [-0.4, -0.2) is 35.1 Å². The average molecular weight is 357 g/mol. The second kappa shape index (κ2) is 7.97. The monoisotopic (exact) mass is 357 g/mol. The van der Waals surface area contributed by atoms with Crippen LogP contribution < -0.4 is 10.6 Å². The average Bonchev–Trinajstić information content (AvgIpc) is 2.62. The first-order valence-electron chi connectivity index (χ1n) is 8.40. The molecule has 0 atom stereocenters. The highest BCUT2D eigenvalue weighted by atomic mass is 19.1. The number of urea groups is 1. The van der Waals surface area contributed by atoms with Gasteiger partial charge in [-0.1, -0.05) is 12.1 Å². The lowest BCUT2D eigenvalue weighted by atomic mass is 9.97. The fraction of sp³-hybridized carbons (Fsp3) is 0.263. The van der Waals surface area contributed by atoms with E-state index in [-0.39, 0.29) is 12.2 Å². The van der Waals surface area contributed by atoms with Crippen LogP contribution in [0.1, 0.15) is 17.5 Å². The lowest BCUT2D eigenvalue weighted by molar-refractivity contribution is -0.137. The zero-order valence-electron chi connectivity index (χ0n) is 14.2. The maximum Gasteiger partial charge on any atom is 0.323 e. The third kappa shape index (κ3) is 4.58.